The molecule has 0 N–H and O–H groups in total. The lowest BCUT2D eigenvalue weighted by Crippen LogP contribution is -2.61. The van der Waals surface area contributed by atoms with Crippen LogP contribution in [-0.2, 0) is 9.53 Å². The molecule has 1 fully saturated rings. The first-order valence-electron chi connectivity index (χ1n) is 7.90. The first kappa shape index (κ1) is 17.1. The van der Waals surface area contributed by atoms with E-state index in [1.807, 2.05) is 34.6 Å². The molecule has 2 heterocycles. The largest absolute Gasteiger partial charge is 0.540 e. The number of quaternary nitrogens is 1. The van der Waals surface area contributed by atoms with Crippen LogP contribution in [0.2, 0.25) is 0 Å². The fourth-order valence-corrected chi connectivity index (χ4v) is 3.48. The number of hydrogen-bond donors (Lipinski definition) is 0. The van der Waals surface area contributed by atoms with Gasteiger partial charge in [-0.15, -0.1) is 0 Å². The molecule has 0 saturated carbocycles. The molecule has 0 aromatic heterocycles. The van der Waals surface area contributed by atoms with E-state index in [9.17, 15) is 9.90 Å². The summed E-state index contributed by atoms with van der Waals surface area (Å²) in [5, 5.41) is 16.5. The second kappa shape index (κ2) is 6.10. The summed E-state index contributed by atoms with van der Waals surface area (Å²) in [6.45, 7) is 13.9. The normalized spacial score (nSPS) is 27.0. The SMILES string of the molecule is CC(C)[N+]1(C(C)(C)C)N=C(CN2CCOCC2)C=C1C(=O)[O-]. The Morgan fingerprint density at radius 3 is 2.41 bits per heavy atom. The average Bonchev–Trinajstić information content (AvgIpc) is 2.80. The quantitative estimate of drug-likeness (QED) is 0.703. The van der Waals surface area contributed by atoms with Crippen LogP contribution < -0.4 is 5.11 Å². The lowest BCUT2D eigenvalue weighted by atomic mass is 10.0. The predicted molar refractivity (Wildman–Crippen MR) is 82.9 cm³/mol. The fraction of sp³-hybridized carbons (Fsp3) is 0.750. The maximum atomic E-state index is 11.7. The van der Waals surface area contributed by atoms with Gasteiger partial charge in [0, 0.05) is 25.7 Å². The van der Waals surface area contributed by atoms with Gasteiger partial charge >= 0.3 is 0 Å². The summed E-state index contributed by atoms with van der Waals surface area (Å²) in [6.07, 6.45) is 1.70. The van der Waals surface area contributed by atoms with Gasteiger partial charge in [-0.1, -0.05) is 5.10 Å². The zero-order chi connectivity index (χ0) is 16.5. The van der Waals surface area contributed by atoms with Gasteiger partial charge in [0.1, 0.15) is 23.3 Å². The van der Waals surface area contributed by atoms with E-state index in [0.29, 0.717) is 19.8 Å². The minimum absolute atomic E-state index is 0.0198. The van der Waals surface area contributed by atoms with Crippen LogP contribution in [0.1, 0.15) is 34.6 Å². The summed E-state index contributed by atoms with van der Waals surface area (Å²) >= 11 is 0. The van der Waals surface area contributed by atoms with Gasteiger partial charge in [-0.25, -0.2) is 0 Å². The maximum Gasteiger partial charge on any atom is 0.185 e. The van der Waals surface area contributed by atoms with E-state index in [2.05, 4.69) is 4.90 Å². The van der Waals surface area contributed by atoms with E-state index in [1.165, 1.54) is 0 Å². The Bertz CT molecular complexity index is 499. The zero-order valence-electron chi connectivity index (χ0n) is 14.3. The minimum atomic E-state index is -1.13. The molecule has 2 rings (SSSR count). The van der Waals surface area contributed by atoms with Crippen molar-refractivity contribution in [1.29, 1.82) is 0 Å². The van der Waals surface area contributed by atoms with E-state index in [-0.39, 0.29) is 21.9 Å². The highest BCUT2D eigenvalue weighted by atomic mass is 16.5. The molecule has 0 amide bonds. The van der Waals surface area contributed by atoms with Crippen LogP contribution in [-0.4, -0.2) is 65.6 Å². The molecule has 124 valence electrons. The van der Waals surface area contributed by atoms with E-state index >= 15 is 0 Å². The molecule has 6 heteroatoms. The average molecular weight is 309 g/mol. The van der Waals surface area contributed by atoms with Crippen molar-refractivity contribution in [2.45, 2.75) is 46.2 Å². The summed E-state index contributed by atoms with van der Waals surface area (Å²) < 4.78 is 5.43. The number of carbonyl (C=O) groups is 1. The maximum absolute atomic E-state index is 11.7. The van der Waals surface area contributed by atoms with Gasteiger partial charge in [0.25, 0.3) is 0 Å². The molecule has 2 aliphatic heterocycles. The number of carbonyl (C=O) groups excluding carboxylic acids is 1. The van der Waals surface area contributed by atoms with E-state index < -0.39 is 5.97 Å². The van der Waals surface area contributed by atoms with Crippen molar-refractivity contribution in [3.05, 3.63) is 11.8 Å². The van der Waals surface area contributed by atoms with Crippen LogP contribution in [0.5, 0.6) is 0 Å². The molecular formula is C16H27N3O3. The second-order valence-electron chi connectivity index (χ2n) is 7.25. The summed E-state index contributed by atoms with van der Waals surface area (Å²) in [5.41, 5.74) is 0.711. The molecule has 1 atom stereocenters. The van der Waals surface area contributed by atoms with E-state index in [1.54, 1.807) is 6.08 Å². The summed E-state index contributed by atoms with van der Waals surface area (Å²) in [7, 11) is 0. The third kappa shape index (κ3) is 2.95. The molecule has 0 bridgehead atoms. The molecule has 0 spiro atoms. The lowest BCUT2D eigenvalue weighted by molar-refractivity contribution is -0.957. The van der Waals surface area contributed by atoms with Gasteiger partial charge in [0.05, 0.1) is 13.2 Å². The molecule has 2 aliphatic rings. The van der Waals surface area contributed by atoms with E-state index in [4.69, 9.17) is 9.84 Å². The van der Waals surface area contributed by atoms with Gasteiger partial charge in [-0.3, -0.25) is 4.90 Å². The van der Waals surface area contributed by atoms with Crippen molar-refractivity contribution >= 4 is 11.7 Å². The number of rotatable bonds is 4. The van der Waals surface area contributed by atoms with E-state index in [0.717, 1.165) is 18.8 Å². The lowest BCUT2D eigenvalue weighted by Gasteiger charge is -2.45. The van der Waals surface area contributed by atoms with Crippen LogP contribution in [0.3, 0.4) is 0 Å². The molecule has 6 nitrogen and oxygen atoms in total. The van der Waals surface area contributed by atoms with Crippen LogP contribution in [0, 0.1) is 0 Å². The summed E-state index contributed by atoms with van der Waals surface area (Å²) in [6, 6.07) is 0.0198. The number of nitrogens with zero attached hydrogens (tertiary/aromatic N) is 3. The fourth-order valence-electron chi connectivity index (χ4n) is 3.48. The van der Waals surface area contributed by atoms with Gasteiger partial charge < -0.3 is 14.6 Å². The molecule has 1 unspecified atom stereocenters. The number of hydrogen-bond acceptors (Lipinski definition) is 5. The number of carboxylic acid groups (broad SMARTS) is 1. The van der Waals surface area contributed by atoms with Crippen molar-refractivity contribution in [3.63, 3.8) is 0 Å². The standard InChI is InChI=1S/C16H27N3O3/c1-12(2)19(16(3,4)5)14(15(20)21)10-13(17-19)11-18-6-8-22-9-7-18/h10,12H,6-9,11H2,1-5H3. The van der Waals surface area contributed by atoms with Gasteiger partial charge in [-0.05, 0) is 34.6 Å². The smallest absolute Gasteiger partial charge is 0.185 e. The zero-order valence-corrected chi connectivity index (χ0v) is 14.3. The Morgan fingerprint density at radius 1 is 1.41 bits per heavy atom. The summed E-state index contributed by atoms with van der Waals surface area (Å²) in [5.74, 6) is -1.13. The van der Waals surface area contributed by atoms with Crippen LogP contribution in [0.4, 0.5) is 0 Å². The molecule has 0 aromatic rings. The highest BCUT2D eigenvalue weighted by Crippen LogP contribution is 2.38. The molecular weight excluding hydrogens is 282 g/mol. The highest BCUT2D eigenvalue weighted by Gasteiger charge is 2.51. The van der Waals surface area contributed by atoms with Crippen LogP contribution >= 0.6 is 0 Å². The number of aliphatic carboxylic acids is 1. The molecule has 1 saturated heterocycles. The number of carboxylic acids is 1. The monoisotopic (exact) mass is 309 g/mol. The minimum Gasteiger partial charge on any atom is -0.540 e. The van der Waals surface area contributed by atoms with Crippen molar-refractivity contribution < 1.29 is 19.2 Å². The van der Waals surface area contributed by atoms with Crippen molar-refractivity contribution in [2.24, 2.45) is 5.10 Å². The first-order valence-corrected chi connectivity index (χ1v) is 7.90. The Labute approximate surface area is 132 Å². The van der Waals surface area contributed by atoms with Crippen LogP contribution in [0.25, 0.3) is 0 Å². The Balaban J connectivity index is 2.35. The Kier molecular flexibility index (Phi) is 4.75. The number of ether oxygens (including phenoxy) is 1. The van der Waals surface area contributed by atoms with Crippen LogP contribution in [0.15, 0.2) is 16.9 Å². The summed E-state index contributed by atoms with van der Waals surface area (Å²) in [4.78, 5) is 13.9. The van der Waals surface area contributed by atoms with Gasteiger partial charge in [0.2, 0.25) is 0 Å². The molecule has 0 aromatic carbocycles. The Morgan fingerprint density at radius 2 is 2.00 bits per heavy atom. The van der Waals surface area contributed by atoms with Crippen molar-refractivity contribution in [1.82, 2.24) is 4.90 Å². The second-order valence-corrected chi connectivity index (χ2v) is 7.25. The molecule has 22 heavy (non-hydrogen) atoms. The third-order valence-electron chi connectivity index (χ3n) is 4.43. The van der Waals surface area contributed by atoms with Gasteiger partial charge in [0.15, 0.2) is 5.70 Å². The molecule has 0 aliphatic carbocycles. The third-order valence-corrected chi connectivity index (χ3v) is 4.43. The first-order chi connectivity index (χ1) is 10.2. The van der Waals surface area contributed by atoms with Crippen molar-refractivity contribution in [2.75, 3.05) is 32.8 Å². The topological polar surface area (TPSA) is 65.0 Å². The van der Waals surface area contributed by atoms with Gasteiger partial charge in [-0.2, -0.15) is 4.59 Å². The number of morpholine rings is 1. The highest BCUT2D eigenvalue weighted by molar-refractivity contribution is 6.03. The Hall–Kier alpha value is -1.24. The van der Waals surface area contributed by atoms with Crippen molar-refractivity contribution in [3.8, 4) is 0 Å². The predicted octanol–water partition coefficient (Wildman–Crippen LogP) is 0.346. The molecule has 0 radical (unpaired) electrons.